The number of hydrogen-bond donors (Lipinski definition) is 1. The number of halogens is 1. The van der Waals surface area contributed by atoms with Gasteiger partial charge in [0, 0.05) is 0 Å². The van der Waals surface area contributed by atoms with E-state index in [1.807, 2.05) is 0 Å². The van der Waals surface area contributed by atoms with E-state index in [0.717, 1.165) is 0 Å². The fourth-order valence-electron chi connectivity index (χ4n) is 3.77. The lowest BCUT2D eigenvalue weighted by molar-refractivity contribution is -0.164. The van der Waals surface area contributed by atoms with Crippen molar-refractivity contribution >= 4 is 57.6 Å². The number of benzene rings is 1. The van der Waals surface area contributed by atoms with E-state index in [9.17, 15) is 8.42 Å². The van der Waals surface area contributed by atoms with Crippen molar-refractivity contribution in [1.29, 1.82) is 0 Å². The van der Waals surface area contributed by atoms with Crippen LogP contribution in [0, 0.1) is 0 Å². The first-order valence-electron chi connectivity index (χ1n) is 15.0. The molecule has 0 aliphatic carbocycles. The van der Waals surface area contributed by atoms with Crippen molar-refractivity contribution in [2.45, 2.75) is 150 Å². The van der Waals surface area contributed by atoms with Crippen molar-refractivity contribution in [2.24, 2.45) is 0 Å². The lowest BCUT2D eigenvalue weighted by atomic mass is 10.0. The Hall–Kier alpha value is 0.351. The van der Waals surface area contributed by atoms with Crippen LogP contribution in [0.25, 0.3) is 0 Å². The monoisotopic (exact) mass is 771 g/mol. The molecule has 1 aromatic carbocycles. The third-order valence-corrected chi connectivity index (χ3v) is 26.1. The Balaban J connectivity index is 2.64. The second kappa shape index (κ2) is 13.2. The minimum absolute atomic E-state index is 0.00852. The third-order valence-electron chi connectivity index (χ3n) is 9.83. The molecule has 42 heavy (non-hydrogen) atoms. The van der Waals surface area contributed by atoms with Crippen LogP contribution in [0.4, 0.5) is 0 Å². The van der Waals surface area contributed by atoms with Gasteiger partial charge in [-0.2, -0.15) is 4.72 Å². The lowest BCUT2D eigenvalue weighted by Crippen LogP contribution is -2.67. The first-order chi connectivity index (χ1) is 18.6. The molecule has 1 N–H and O–H groups in total. The molecule has 1 aliphatic heterocycles. The molecule has 7 nitrogen and oxygen atoms in total. The van der Waals surface area contributed by atoms with Crippen molar-refractivity contribution in [3.05, 3.63) is 30.3 Å². The van der Waals surface area contributed by atoms with Gasteiger partial charge in [-0.05, 0) is 66.5 Å². The molecule has 1 aliphatic rings. The Labute approximate surface area is 274 Å². The summed E-state index contributed by atoms with van der Waals surface area (Å²) < 4.78 is 57.4. The zero-order valence-electron chi connectivity index (χ0n) is 28.7. The number of sulfonamides is 1. The predicted octanol–water partition coefficient (Wildman–Crippen LogP) is 8.30. The molecule has 1 heterocycles. The largest absolute Gasteiger partial charge is 0.414 e. The molecule has 1 saturated heterocycles. The van der Waals surface area contributed by atoms with Crippen LogP contribution in [-0.4, -0.2) is 68.4 Å². The summed E-state index contributed by atoms with van der Waals surface area (Å²) in [5.74, 6) is 0. The molecule has 0 unspecified atom stereocenters. The first-order valence-corrected chi connectivity index (χ1v) is 26.4. The second-order valence-electron chi connectivity index (χ2n) is 16.2. The number of hydrogen-bond acceptors (Lipinski definition) is 6. The fourth-order valence-corrected chi connectivity index (χ4v) is 10.0. The highest BCUT2D eigenvalue weighted by molar-refractivity contribution is 14.1. The summed E-state index contributed by atoms with van der Waals surface area (Å²) in [6.45, 7) is 33.7. The molecule has 244 valence electrons. The van der Waals surface area contributed by atoms with E-state index in [-0.39, 0.29) is 23.9 Å². The van der Waals surface area contributed by atoms with Gasteiger partial charge in [-0.3, -0.25) is 0 Å². The maximum Gasteiger partial charge on any atom is 0.242 e. The molecular weight excluding hydrogens is 714 g/mol. The topological polar surface area (TPSA) is 83.1 Å². The van der Waals surface area contributed by atoms with Gasteiger partial charge in [-0.15, -0.1) is 0 Å². The van der Waals surface area contributed by atoms with Crippen LogP contribution in [0.15, 0.2) is 35.2 Å². The van der Waals surface area contributed by atoms with E-state index in [2.05, 4.69) is 129 Å². The van der Waals surface area contributed by atoms with Crippen LogP contribution in [0.2, 0.25) is 54.4 Å². The molecule has 0 radical (unpaired) electrons. The highest BCUT2D eigenvalue weighted by atomic mass is 127. The van der Waals surface area contributed by atoms with Gasteiger partial charge in [-0.1, -0.05) is 103 Å². The van der Waals surface area contributed by atoms with Crippen molar-refractivity contribution in [1.82, 2.24) is 4.72 Å². The summed E-state index contributed by atoms with van der Waals surface area (Å²) in [7, 11) is -10.6. The maximum absolute atomic E-state index is 13.5. The highest BCUT2D eigenvalue weighted by Gasteiger charge is 2.54. The SMILES string of the molecule is CC(C)(C)[Si](C)(C)OC[C@H]1O[C@H](NS(=O)(=O)c2ccccc2)[C@@H](I)[C@@H](O[Si](C)(C)C(C)(C)C)[C@@H]1O[Si](C)(C)C(C)(C)C. The molecule has 0 aromatic heterocycles. The van der Waals surface area contributed by atoms with Crippen molar-refractivity contribution in [3.63, 3.8) is 0 Å². The Morgan fingerprint density at radius 2 is 1.19 bits per heavy atom. The summed E-state index contributed by atoms with van der Waals surface area (Å²) in [6.07, 6.45) is -2.15. The normalized spacial score (nSPS) is 25.5. The highest BCUT2D eigenvalue weighted by Crippen LogP contribution is 2.45. The number of alkyl halides is 1. The van der Waals surface area contributed by atoms with Gasteiger partial charge < -0.3 is 18.0 Å². The van der Waals surface area contributed by atoms with Crippen molar-refractivity contribution < 1.29 is 26.4 Å². The Kier molecular flexibility index (Phi) is 12.1. The summed E-state index contributed by atoms with van der Waals surface area (Å²) in [5, 5.41) is -0.0736. The number of ether oxygens (including phenoxy) is 1. The fraction of sp³-hybridized carbons (Fsp3) is 0.800. The maximum atomic E-state index is 13.5. The average Bonchev–Trinajstić information content (AvgIpc) is 2.80. The van der Waals surface area contributed by atoms with E-state index in [1.54, 1.807) is 30.3 Å². The third kappa shape index (κ3) is 9.21. The minimum Gasteiger partial charge on any atom is -0.414 e. The molecule has 1 aromatic rings. The Morgan fingerprint density at radius 3 is 1.62 bits per heavy atom. The molecule has 2 rings (SSSR count). The van der Waals surface area contributed by atoms with Crippen LogP contribution in [-0.2, 0) is 28.0 Å². The van der Waals surface area contributed by atoms with Gasteiger partial charge in [0.2, 0.25) is 10.0 Å². The second-order valence-corrected chi connectivity index (χ2v) is 33.7. The van der Waals surface area contributed by atoms with Gasteiger partial charge in [-0.25, -0.2) is 8.42 Å². The van der Waals surface area contributed by atoms with Crippen molar-refractivity contribution in [2.75, 3.05) is 6.61 Å². The zero-order chi connectivity index (χ0) is 32.7. The predicted molar refractivity (Wildman–Crippen MR) is 191 cm³/mol. The molecule has 0 amide bonds. The molecule has 0 bridgehead atoms. The average molecular weight is 772 g/mol. The van der Waals surface area contributed by atoms with Gasteiger partial charge in [0.15, 0.2) is 25.0 Å². The molecular formula is C30H58INO6SSi3. The molecule has 0 saturated carbocycles. The molecule has 12 heteroatoms. The van der Waals surface area contributed by atoms with Crippen LogP contribution in [0.1, 0.15) is 62.3 Å². The lowest BCUT2D eigenvalue weighted by Gasteiger charge is -2.52. The zero-order valence-corrected chi connectivity index (χ0v) is 34.7. The van der Waals surface area contributed by atoms with E-state index in [0.29, 0.717) is 6.61 Å². The van der Waals surface area contributed by atoms with Gasteiger partial charge in [0.25, 0.3) is 0 Å². The Morgan fingerprint density at radius 1 is 0.762 bits per heavy atom. The standard InChI is InChI=1S/C30H58INO6SSi3/c1-28(2,3)40(10,11)35-21-23-25(37-41(12,13)29(4,5)6)26(38-42(14,15)30(7,8)9)24(31)27(36-23)32-39(33,34)22-19-17-16-18-20-22/h16-20,23-27,32H,21H2,1-15H3/t23-,24+,25-,26-,27+/m1/s1. The summed E-state index contributed by atoms with van der Waals surface area (Å²) in [4.78, 5) is 0.202. The molecule has 1 fully saturated rings. The molecule has 5 atom stereocenters. The molecule has 0 spiro atoms. The van der Waals surface area contributed by atoms with E-state index >= 15 is 0 Å². The van der Waals surface area contributed by atoms with E-state index < -0.39 is 59.5 Å². The number of rotatable bonds is 10. The van der Waals surface area contributed by atoms with Crippen LogP contribution in [0.3, 0.4) is 0 Å². The van der Waals surface area contributed by atoms with Crippen molar-refractivity contribution in [3.8, 4) is 0 Å². The van der Waals surface area contributed by atoms with Crippen LogP contribution in [0.5, 0.6) is 0 Å². The van der Waals surface area contributed by atoms with Crippen LogP contribution < -0.4 is 4.72 Å². The summed E-state index contributed by atoms with van der Waals surface area (Å²) >= 11 is 2.31. The van der Waals surface area contributed by atoms with Gasteiger partial charge in [0.05, 0.1) is 27.6 Å². The minimum atomic E-state index is -3.84. The van der Waals surface area contributed by atoms with Gasteiger partial charge >= 0.3 is 0 Å². The van der Waals surface area contributed by atoms with E-state index in [1.165, 1.54) is 0 Å². The van der Waals surface area contributed by atoms with E-state index in [4.69, 9.17) is 18.0 Å². The summed E-state index contributed by atoms with van der Waals surface area (Å²) in [6, 6.07) is 8.44. The Bertz CT molecular complexity index is 1140. The first kappa shape index (κ1) is 38.5. The number of nitrogens with one attached hydrogen (secondary N) is 1. The van der Waals surface area contributed by atoms with Gasteiger partial charge in [0.1, 0.15) is 12.3 Å². The quantitative estimate of drug-likeness (QED) is 0.147. The summed E-state index contributed by atoms with van der Waals surface area (Å²) in [5.41, 5.74) is 0. The smallest absolute Gasteiger partial charge is 0.242 e. The van der Waals surface area contributed by atoms with Crippen LogP contribution >= 0.6 is 22.6 Å².